The Hall–Kier alpha value is -2.42. The number of fused-ring (bicyclic) bond motifs is 3. The average Bonchev–Trinajstić information content (AvgIpc) is 3.19. The number of rotatable bonds is 3. The highest BCUT2D eigenvalue weighted by molar-refractivity contribution is 6.07. The van der Waals surface area contributed by atoms with Crippen molar-refractivity contribution in [2.75, 3.05) is 7.11 Å². The molecule has 3 nitrogen and oxygen atoms in total. The van der Waals surface area contributed by atoms with Crippen molar-refractivity contribution in [1.29, 1.82) is 0 Å². The molecule has 0 spiro atoms. The molecule has 1 atom stereocenters. The van der Waals surface area contributed by atoms with E-state index in [1.807, 2.05) is 24.3 Å². The lowest BCUT2D eigenvalue weighted by Gasteiger charge is -2.11. The molecule has 122 valence electrons. The molecule has 0 heterocycles. The molecule has 0 amide bonds. The Balaban J connectivity index is 1.76. The molecule has 0 unspecified atom stereocenters. The van der Waals surface area contributed by atoms with Gasteiger partial charge < -0.3 is 4.74 Å². The van der Waals surface area contributed by atoms with Crippen LogP contribution in [-0.4, -0.2) is 18.9 Å². The number of hydrogen-bond acceptors (Lipinski definition) is 3. The van der Waals surface area contributed by atoms with E-state index in [1.54, 1.807) is 0 Å². The zero-order chi connectivity index (χ0) is 16.7. The molecule has 4 rings (SSSR count). The van der Waals surface area contributed by atoms with Crippen LogP contribution in [0.15, 0.2) is 36.4 Å². The number of ketones is 1. The standard InChI is InChI=1S/C21H20O3/c1-24-21(23)18-11-14-8-5-9-16(14)19-17(18)12-15(20(19)22)10-13-6-3-2-4-7-13/h2-4,6-7,11,15H,5,8-10,12H2,1H3/t15-/m0/s1. The highest BCUT2D eigenvalue weighted by atomic mass is 16.5. The normalized spacial score (nSPS) is 18.4. The van der Waals surface area contributed by atoms with Gasteiger partial charge in [-0.2, -0.15) is 0 Å². The van der Waals surface area contributed by atoms with Crippen molar-refractivity contribution in [1.82, 2.24) is 0 Å². The molecule has 24 heavy (non-hydrogen) atoms. The summed E-state index contributed by atoms with van der Waals surface area (Å²) in [6.07, 6.45) is 4.32. The lowest BCUT2D eigenvalue weighted by atomic mass is 9.94. The summed E-state index contributed by atoms with van der Waals surface area (Å²) in [5, 5.41) is 0. The number of aryl methyl sites for hydroxylation is 1. The van der Waals surface area contributed by atoms with Gasteiger partial charge in [-0.05, 0) is 60.4 Å². The molecule has 0 aliphatic heterocycles. The van der Waals surface area contributed by atoms with E-state index in [0.29, 0.717) is 12.0 Å². The Bertz CT molecular complexity index is 821. The van der Waals surface area contributed by atoms with E-state index in [2.05, 4.69) is 12.1 Å². The summed E-state index contributed by atoms with van der Waals surface area (Å²) in [6, 6.07) is 12.1. The molecule has 0 saturated heterocycles. The summed E-state index contributed by atoms with van der Waals surface area (Å²) in [6.45, 7) is 0. The average molecular weight is 320 g/mol. The molecule has 0 bridgehead atoms. The summed E-state index contributed by atoms with van der Waals surface area (Å²) in [5.74, 6) is -0.190. The molecule has 2 aliphatic carbocycles. The quantitative estimate of drug-likeness (QED) is 0.812. The first-order valence-corrected chi connectivity index (χ1v) is 8.53. The van der Waals surface area contributed by atoms with Crippen LogP contribution in [0, 0.1) is 5.92 Å². The Morgan fingerprint density at radius 1 is 1.17 bits per heavy atom. The minimum atomic E-state index is -0.325. The van der Waals surface area contributed by atoms with Crippen LogP contribution in [0.4, 0.5) is 0 Å². The highest BCUT2D eigenvalue weighted by Gasteiger charge is 2.37. The van der Waals surface area contributed by atoms with E-state index in [1.165, 1.54) is 18.2 Å². The van der Waals surface area contributed by atoms with Crippen molar-refractivity contribution in [2.24, 2.45) is 5.92 Å². The number of carbonyl (C=O) groups is 2. The zero-order valence-corrected chi connectivity index (χ0v) is 13.8. The number of hydrogen-bond donors (Lipinski definition) is 0. The third kappa shape index (κ3) is 2.35. The second kappa shape index (κ2) is 5.90. The van der Waals surface area contributed by atoms with E-state index >= 15 is 0 Å². The van der Waals surface area contributed by atoms with Crippen LogP contribution in [0.5, 0.6) is 0 Å². The Morgan fingerprint density at radius 3 is 2.71 bits per heavy atom. The van der Waals surface area contributed by atoms with Crippen LogP contribution in [0.25, 0.3) is 0 Å². The second-order valence-corrected chi connectivity index (χ2v) is 6.72. The van der Waals surface area contributed by atoms with E-state index in [0.717, 1.165) is 42.4 Å². The highest BCUT2D eigenvalue weighted by Crippen LogP contribution is 2.39. The molecule has 2 aromatic rings. The molecule has 2 aromatic carbocycles. The second-order valence-electron chi connectivity index (χ2n) is 6.72. The molecule has 0 fully saturated rings. The van der Waals surface area contributed by atoms with Gasteiger partial charge in [0.1, 0.15) is 0 Å². The molecule has 3 heteroatoms. The summed E-state index contributed by atoms with van der Waals surface area (Å²) < 4.78 is 4.96. The number of carbonyl (C=O) groups excluding carboxylic acids is 2. The van der Waals surface area contributed by atoms with Crippen molar-refractivity contribution < 1.29 is 14.3 Å². The molecule has 0 radical (unpaired) electrons. The summed E-state index contributed by atoms with van der Waals surface area (Å²) in [5.41, 5.74) is 5.83. The first kappa shape index (κ1) is 15.1. The van der Waals surface area contributed by atoms with Gasteiger partial charge in [-0.3, -0.25) is 4.79 Å². The lowest BCUT2D eigenvalue weighted by molar-refractivity contribution is 0.0599. The number of Topliss-reactive ketones (excluding diaryl/α,β-unsaturated/α-hetero) is 1. The van der Waals surface area contributed by atoms with Crippen LogP contribution in [0.2, 0.25) is 0 Å². The van der Waals surface area contributed by atoms with Gasteiger partial charge in [-0.25, -0.2) is 4.79 Å². The molecule has 2 aliphatic rings. The van der Waals surface area contributed by atoms with Crippen LogP contribution < -0.4 is 0 Å². The fraction of sp³-hybridized carbons (Fsp3) is 0.333. The summed E-state index contributed by atoms with van der Waals surface area (Å²) in [4.78, 5) is 25.3. The maximum atomic E-state index is 13.1. The van der Waals surface area contributed by atoms with E-state index in [9.17, 15) is 9.59 Å². The van der Waals surface area contributed by atoms with Crippen LogP contribution >= 0.6 is 0 Å². The smallest absolute Gasteiger partial charge is 0.338 e. The minimum absolute atomic E-state index is 0.0714. The topological polar surface area (TPSA) is 43.4 Å². The Labute approximate surface area is 141 Å². The van der Waals surface area contributed by atoms with Gasteiger partial charge in [-0.15, -0.1) is 0 Å². The number of esters is 1. The van der Waals surface area contributed by atoms with Gasteiger partial charge in [0, 0.05) is 11.5 Å². The molecular formula is C21H20O3. The third-order valence-electron chi connectivity index (χ3n) is 5.31. The maximum absolute atomic E-state index is 13.1. The number of benzene rings is 2. The monoisotopic (exact) mass is 320 g/mol. The fourth-order valence-electron chi connectivity index (χ4n) is 4.20. The van der Waals surface area contributed by atoms with Crippen molar-refractivity contribution in [3.63, 3.8) is 0 Å². The minimum Gasteiger partial charge on any atom is -0.465 e. The van der Waals surface area contributed by atoms with Crippen molar-refractivity contribution in [3.05, 3.63) is 69.8 Å². The largest absolute Gasteiger partial charge is 0.465 e. The SMILES string of the molecule is COC(=O)c1cc2c(c3c1C[C@H](Cc1ccccc1)C3=O)CCC2. The van der Waals surface area contributed by atoms with Crippen LogP contribution in [0.1, 0.15) is 49.4 Å². The Kier molecular flexibility index (Phi) is 3.72. The van der Waals surface area contributed by atoms with Gasteiger partial charge in [0.15, 0.2) is 5.78 Å². The van der Waals surface area contributed by atoms with E-state index in [4.69, 9.17) is 4.74 Å². The van der Waals surface area contributed by atoms with Gasteiger partial charge in [0.25, 0.3) is 0 Å². The van der Waals surface area contributed by atoms with Gasteiger partial charge in [0.2, 0.25) is 0 Å². The van der Waals surface area contributed by atoms with Crippen LogP contribution in [0.3, 0.4) is 0 Å². The first-order chi connectivity index (χ1) is 11.7. The van der Waals surface area contributed by atoms with E-state index in [-0.39, 0.29) is 17.7 Å². The van der Waals surface area contributed by atoms with Crippen molar-refractivity contribution >= 4 is 11.8 Å². The Morgan fingerprint density at radius 2 is 1.96 bits per heavy atom. The maximum Gasteiger partial charge on any atom is 0.338 e. The molecular weight excluding hydrogens is 300 g/mol. The number of methoxy groups -OCH3 is 1. The lowest BCUT2D eigenvalue weighted by Crippen LogP contribution is -2.13. The third-order valence-corrected chi connectivity index (χ3v) is 5.31. The molecule has 0 N–H and O–H groups in total. The van der Waals surface area contributed by atoms with Crippen LogP contribution in [-0.2, 0) is 30.4 Å². The van der Waals surface area contributed by atoms with Gasteiger partial charge >= 0.3 is 5.97 Å². The number of ether oxygens (including phenoxy) is 1. The summed E-state index contributed by atoms with van der Waals surface area (Å²) >= 11 is 0. The molecule has 0 aromatic heterocycles. The predicted octanol–water partition coefficient (Wildman–Crippen LogP) is 3.56. The van der Waals surface area contributed by atoms with E-state index < -0.39 is 0 Å². The van der Waals surface area contributed by atoms with Gasteiger partial charge in [-0.1, -0.05) is 30.3 Å². The first-order valence-electron chi connectivity index (χ1n) is 8.53. The zero-order valence-electron chi connectivity index (χ0n) is 13.8. The van der Waals surface area contributed by atoms with Crippen molar-refractivity contribution in [2.45, 2.75) is 32.1 Å². The van der Waals surface area contributed by atoms with Gasteiger partial charge in [0.05, 0.1) is 12.7 Å². The summed E-state index contributed by atoms with van der Waals surface area (Å²) in [7, 11) is 1.40. The predicted molar refractivity (Wildman–Crippen MR) is 91.5 cm³/mol. The fourth-order valence-corrected chi connectivity index (χ4v) is 4.20. The molecule has 0 saturated carbocycles. The van der Waals surface area contributed by atoms with Crippen molar-refractivity contribution in [3.8, 4) is 0 Å².